The van der Waals surface area contributed by atoms with Crippen molar-refractivity contribution in [2.45, 2.75) is 20.8 Å². The molecule has 0 atom stereocenters. The molecule has 0 amide bonds. The fourth-order valence-corrected chi connectivity index (χ4v) is 2.92. The summed E-state index contributed by atoms with van der Waals surface area (Å²) in [5, 5.41) is 0. The van der Waals surface area contributed by atoms with Gasteiger partial charge in [-0.1, -0.05) is 60.2 Å². The van der Waals surface area contributed by atoms with Gasteiger partial charge in [-0.05, 0) is 80.5 Å². The average molecular weight is 439 g/mol. The summed E-state index contributed by atoms with van der Waals surface area (Å²) >= 11 is 0. The third-order valence-electron chi connectivity index (χ3n) is 4.95. The smallest absolute Gasteiger partial charge is 0.343 e. The maximum Gasteiger partial charge on any atom is 0.343 e. The number of benzene rings is 3. The lowest BCUT2D eigenvalue weighted by Gasteiger charge is -2.07. The summed E-state index contributed by atoms with van der Waals surface area (Å²) in [5.41, 5.74) is 4.70. The van der Waals surface area contributed by atoms with Gasteiger partial charge >= 0.3 is 11.9 Å². The molecule has 3 aromatic rings. The lowest BCUT2D eigenvalue weighted by molar-refractivity contribution is 0.0635. The van der Waals surface area contributed by atoms with Crippen LogP contribution in [0.3, 0.4) is 0 Å². The predicted octanol–water partition coefficient (Wildman–Crippen LogP) is 6.85. The molecule has 3 aromatic carbocycles. The van der Waals surface area contributed by atoms with E-state index in [1.54, 1.807) is 61.5 Å². The van der Waals surface area contributed by atoms with Crippen molar-refractivity contribution in [2.24, 2.45) is 0 Å². The van der Waals surface area contributed by atoms with Crippen LogP contribution in [0.15, 0.2) is 103 Å². The van der Waals surface area contributed by atoms with Crippen molar-refractivity contribution in [3.8, 4) is 5.75 Å². The molecule has 166 valence electrons. The molecular weight excluding hydrogens is 412 g/mol. The Morgan fingerprint density at radius 1 is 0.697 bits per heavy atom. The van der Waals surface area contributed by atoms with E-state index in [4.69, 9.17) is 9.47 Å². The number of rotatable bonds is 7. The summed E-state index contributed by atoms with van der Waals surface area (Å²) in [4.78, 5) is 24.6. The molecule has 0 heterocycles. The zero-order valence-corrected chi connectivity index (χ0v) is 19.0. The first kappa shape index (κ1) is 23.5. The lowest BCUT2D eigenvalue weighted by Crippen LogP contribution is -2.08. The van der Waals surface area contributed by atoms with Gasteiger partial charge in [0.25, 0.3) is 0 Å². The largest absolute Gasteiger partial charge is 0.423 e. The van der Waals surface area contributed by atoms with Gasteiger partial charge in [-0.25, -0.2) is 9.59 Å². The fraction of sp³-hybridized carbons (Fsp3) is 0.103. The van der Waals surface area contributed by atoms with Crippen LogP contribution < -0.4 is 4.74 Å². The van der Waals surface area contributed by atoms with E-state index in [1.807, 2.05) is 50.2 Å². The van der Waals surface area contributed by atoms with E-state index in [1.165, 1.54) is 0 Å². The van der Waals surface area contributed by atoms with Crippen molar-refractivity contribution in [2.75, 3.05) is 0 Å². The summed E-state index contributed by atoms with van der Waals surface area (Å²) in [5.74, 6) is 0.0420. The SMILES string of the molecule is C=C(/C=C\C(=C/C)OC(=O)c1ccc(C)cc1)c1ccc(OC(=O)c2ccc(C)cc2)cc1. The second kappa shape index (κ2) is 10.9. The quantitative estimate of drug-likeness (QED) is 0.175. The van der Waals surface area contributed by atoms with Crippen LogP contribution in [0.5, 0.6) is 5.75 Å². The van der Waals surface area contributed by atoms with E-state index >= 15 is 0 Å². The summed E-state index contributed by atoms with van der Waals surface area (Å²) in [6.45, 7) is 9.78. The van der Waals surface area contributed by atoms with Gasteiger partial charge in [-0.15, -0.1) is 0 Å². The highest BCUT2D eigenvalue weighted by Gasteiger charge is 2.10. The number of ether oxygens (including phenoxy) is 2. The minimum absolute atomic E-state index is 0.408. The van der Waals surface area contributed by atoms with Crippen molar-refractivity contribution < 1.29 is 19.1 Å². The molecule has 0 saturated carbocycles. The molecule has 0 saturated heterocycles. The highest BCUT2D eigenvalue weighted by Crippen LogP contribution is 2.20. The molecule has 0 aromatic heterocycles. The Morgan fingerprint density at radius 2 is 1.18 bits per heavy atom. The highest BCUT2D eigenvalue weighted by atomic mass is 16.5. The first-order chi connectivity index (χ1) is 15.9. The number of carbonyl (C=O) groups excluding carboxylic acids is 2. The van der Waals surface area contributed by atoms with E-state index in [2.05, 4.69) is 6.58 Å². The van der Waals surface area contributed by atoms with Gasteiger partial charge in [0.15, 0.2) is 0 Å². The zero-order chi connectivity index (χ0) is 23.8. The first-order valence-corrected chi connectivity index (χ1v) is 10.6. The molecule has 0 aliphatic rings. The van der Waals surface area contributed by atoms with Crippen LogP contribution in [-0.2, 0) is 4.74 Å². The predicted molar refractivity (Wildman–Crippen MR) is 131 cm³/mol. The van der Waals surface area contributed by atoms with Crippen molar-refractivity contribution in [3.63, 3.8) is 0 Å². The Morgan fingerprint density at radius 3 is 1.70 bits per heavy atom. The molecule has 4 heteroatoms. The highest BCUT2D eigenvalue weighted by molar-refractivity contribution is 5.91. The number of carbonyl (C=O) groups is 2. The van der Waals surface area contributed by atoms with E-state index in [0.29, 0.717) is 22.6 Å². The molecule has 0 fully saturated rings. The maximum absolute atomic E-state index is 12.3. The van der Waals surface area contributed by atoms with Crippen molar-refractivity contribution in [3.05, 3.63) is 131 Å². The monoisotopic (exact) mass is 438 g/mol. The van der Waals surface area contributed by atoms with Crippen LogP contribution in [-0.4, -0.2) is 11.9 Å². The number of hydrogen-bond donors (Lipinski definition) is 0. The van der Waals surface area contributed by atoms with E-state index < -0.39 is 11.9 Å². The summed E-state index contributed by atoms with van der Waals surface area (Å²) < 4.78 is 10.9. The van der Waals surface area contributed by atoms with Gasteiger partial charge in [0.1, 0.15) is 11.5 Å². The molecule has 0 spiro atoms. The molecule has 0 aliphatic heterocycles. The minimum atomic E-state index is -0.418. The molecule has 0 radical (unpaired) electrons. The summed E-state index contributed by atoms with van der Waals surface area (Å²) in [6, 6.07) is 21.5. The molecule has 33 heavy (non-hydrogen) atoms. The Labute approximate surface area is 194 Å². The normalized spacial score (nSPS) is 11.3. The third kappa shape index (κ3) is 6.65. The standard InChI is InChI=1S/C29H26O4/c1-5-26(32-28(30)24-11-6-20(2)7-12-24)17-10-22(4)23-15-18-27(19-16-23)33-29(31)25-13-8-21(3)9-14-25/h5-19H,4H2,1-3H3/b17-10-,26-5+. The maximum atomic E-state index is 12.3. The van der Waals surface area contributed by atoms with Crippen LogP contribution in [0.25, 0.3) is 5.57 Å². The Kier molecular flexibility index (Phi) is 7.77. The second-order valence-corrected chi connectivity index (χ2v) is 7.59. The van der Waals surface area contributed by atoms with Crippen molar-refractivity contribution >= 4 is 17.5 Å². The van der Waals surface area contributed by atoms with Crippen molar-refractivity contribution in [1.29, 1.82) is 0 Å². The van der Waals surface area contributed by atoms with Crippen LogP contribution in [0, 0.1) is 13.8 Å². The molecule has 4 nitrogen and oxygen atoms in total. The van der Waals surface area contributed by atoms with Gasteiger partial charge in [-0.3, -0.25) is 0 Å². The van der Waals surface area contributed by atoms with Gasteiger partial charge in [-0.2, -0.15) is 0 Å². The van der Waals surface area contributed by atoms with Gasteiger partial charge in [0.2, 0.25) is 0 Å². The van der Waals surface area contributed by atoms with Crippen LogP contribution >= 0.6 is 0 Å². The van der Waals surface area contributed by atoms with Gasteiger partial charge in [0, 0.05) is 0 Å². The minimum Gasteiger partial charge on any atom is -0.423 e. The molecule has 0 bridgehead atoms. The van der Waals surface area contributed by atoms with Crippen molar-refractivity contribution in [1.82, 2.24) is 0 Å². The van der Waals surface area contributed by atoms with E-state index in [0.717, 1.165) is 22.3 Å². The molecule has 0 aliphatic carbocycles. The molecule has 0 unspecified atom stereocenters. The average Bonchev–Trinajstić information content (AvgIpc) is 2.82. The van der Waals surface area contributed by atoms with Gasteiger partial charge < -0.3 is 9.47 Å². The van der Waals surface area contributed by atoms with E-state index in [9.17, 15) is 9.59 Å². The molecule has 0 N–H and O–H groups in total. The number of allylic oxidation sites excluding steroid dienone is 4. The zero-order valence-electron chi connectivity index (χ0n) is 19.0. The van der Waals surface area contributed by atoms with Crippen LogP contribution in [0.2, 0.25) is 0 Å². The Balaban J connectivity index is 1.59. The Hall–Kier alpha value is -4.18. The number of hydrogen-bond acceptors (Lipinski definition) is 4. The molecular formula is C29H26O4. The number of esters is 2. The topological polar surface area (TPSA) is 52.6 Å². The lowest BCUT2D eigenvalue weighted by atomic mass is 10.1. The second-order valence-electron chi connectivity index (χ2n) is 7.59. The van der Waals surface area contributed by atoms with Crippen LogP contribution in [0.1, 0.15) is 44.3 Å². The fourth-order valence-electron chi connectivity index (χ4n) is 2.92. The summed E-state index contributed by atoms with van der Waals surface area (Å²) in [6.07, 6.45) is 5.17. The van der Waals surface area contributed by atoms with Crippen LogP contribution in [0.4, 0.5) is 0 Å². The van der Waals surface area contributed by atoms with E-state index in [-0.39, 0.29) is 0 Å². The Bertz CT molecular complexity index is 1200. The molecule has 3 rings (SSSR count). The first-order valence-electron chi connectivity index (χ1n) is 10.6. The van der Waals surface area contributed by atoms with Gasteiger partial charge in [0.05, 0.1) is 11.1 Å². The third-order valence-corrected chi connectivity index (χ3v) is 4.95. The summed E-state index contributed by atoms with van der Waals surface area (Å²) in [7, 11) is 0. The number of aryl methyl sites for hydroxylation is 2.